The predicted octanol–water partition coefficient (Wildman–Crippen LogP) is 0.873. The Balaban J connectivity index is 1.93. The average molecular weight is 240 g/mol. The van der Waals surface area contributed by atoms with Crippen LogP contribution >= 0.6 is 0 Å². The first kappa shape index (κ1) is 10.7. The molecule has 0 fully saturated rings. The Morgan fingerprint density at radius 1 is 1.33 bits per heavy atom. The van der Waals surface area contributed by atoms with Crippen LogP contribution in [-0.2, 0) is 13.1 Å². The molecule has 3 rings (SSSR count). The van der Waals surface area contributed by atoms with E-state index in [9.17, 15) is 0 Å². The number of rotatable bonds is 1. The molecule has 0 radical (unpaired) electrons. The molecule has 6 heteroatoms. The largest absolute Gasteiger partial charge is 0.347 e. The highest BCUT2D eigenvalue weighted by Gasteiger charge is 2.19. The van der Waals surface area contributed by atoms with Crippen LogP contribution in [0, 0.1) is 18.3 Å². The smallest absolute Gasteiger partial charge is 0.146 e. The van der Waals surface area contributed by atoms with Crippen LogP contribution in [-0.4, -0.2) is 26.3 Å². The number of aromatic nitrogens is 4. The highest BCUT2D eigenvalue weighted by molar-refractivity contribution is 5.47. The van der Waals surface area contributed by atoms with Gasteiger partial charge in [-0.05, 0) is 19.1 Å². The first-order valence-electron chi connectivity index (χ1n) is 5.76. The van der Waals surface area contributed by atoms with Crippen molar-refractivity contribution in [3.63, 3.8) is 0 Å². The van der Waals surface area contributed by atoms with Crippen molar-refractivity contribution >= 4 is 5.82 Å². The zero-order chi connectivity index (χ0) is 12.5. The van der Waals surface area contributed by atoms with E-state index in [1.54, 1.807) is 12.4 Å². The first-order chi connectivity index (χ1) is 8.76. The lowest BCUT2D eigenvalue weighted by Gasteiger charge is -2.27. The van der Waals surface area contributed by atoms with Gasteiger partial charge in [-0.15, -0.1) is 0 Å². The zero-order valence-electron chi connectivity index (χ0n) is 10.0. The van der Waals surface area contributed by atoms with Gasteiger partial charge < -0.3 is 4.90 Å². The monoisotopic (exact) mass is 240 g/mol. The number of pyridine rings is 1. The van der Waals surface area contributed by atoms with Gasteiger partial charge in [-0.3, -0.25) is 0 Å². The summed E-state index contributed by atoms with van der Waals surface area (Å²) in [4.78, 5) is 10.8. The Kier molecular flexibility index (Phi) is 2.45. The Labute approximate surface area is 105 Å². The topological polar surface area (TPSA) is 70.6 Å². The second kappa shape index (κ2) is 4.11. The Morgan fingerprint density at radius 3 is 3.06 bits per heavy atom. The maximum Gasteiger partial charge on any atom is 0.146 e. The number of fused-ring (bicyclic) bond motifs is 1. The van der Waals surface area contributed by atoms with E-state index < -0.39 is 0 Å². The van der Waals surface area contributed by atoms with Gasteiger partial charge in [0.05, 0.1) is 24.7 Å². The van der Waals surface area contributed by atoms with Gasteiger partial charge in [0.15, 0.2) is 0 Å². The third kappa shape index (κ3) is 1.80. The molecule has 2 aromatic heterocycles. The minimum absolute atomic E-state index is 0.643. The molecule has 0 aromatic carbocycles. The number of nitrogens with zero attached hydrogens (tertiary/aromatic N) is 6. The second-order valence-electron chi connectivity index (χ2n) is 4.29. The Morgan fingerprint density at radius 2 is 2.22 bits per heavy atom. The van der Waals surface area contributed by atoms with E-state index in [1.807, 2.05) is 17.7 Å². The SMILES string of the molecule is Cc1cc(C#N)cc(N2CCn3ncnc3C2)n1. The molecule has 0 amide bonds. The Hall–Kier alpha value is -2.42. The van der Waals surface area contributed by atoms with Gasteiger partial charge in [-0.2, -0.15) is 10.4 Å². The molecule has 18 heavy (non-hydrogen) atoms. The molecule has 0 saturated carbocycles. The van der Waals surface area contributed by atoms with E-state index in [4.69, 9.17) is 5.26 Å². The highest BCUT2D eigenvalue weighted by Crippen LogP contribution is 2.19. The van der Waals surface area contributed by atoms with Crippen LogP contribution in [0.2, 0.25) is 0 Å². The summed E-state index contributed by atoms with van der Waals surface area (Å²) in [6.45, 7) is 4.21. The molecule has 0 N–H and O–H groups in total. The van der Waals surface area contributed by atoms with Crippen molar-refractivity contribution in [1.29, 1.82) is 5.26 Å². The maximum atomic E-state index is 8.99. The molecule has 0 atom stereocenters. The standard InChI is InChI=1S/C12H12N6/c1-9-4-10(6-13)5-11(16-9)17-2-3-18-12(7-17)14-8-15-18/h4-5,8H,2-3,7H2,1H3. The molecular weight excluding hydrogens is 228 g/mol. The molecule has 90 valence electrons. The summed E-state index contributed by atoms with van der Waals surface area (Å²) >= 11 is 0. The fourth-order valence-corrected chi connectivity index (χ4v) is 2.14. The van der Waals surface area contributed by atoms with Crippen LogP contribution in [0.1, 0.15) is 17.1 Å². The molecule has 6 nitrogen and oxygen atoms in total. The van der Waals surface area contributed by atoms with Crippen molar-refractivity contribution in [3.05, 3.63) is 35.5 Å². The summed E-state index contributed by atoms with van der Waals surface area (Å²) in [7, 11) is 0. The van der Waals surface area contributed by atoms with Gasteiger partial charge in [0.1, 0.15) is 18.0 Å². The van der Waals surface area contributed by atoms with Gasteiger partial charge in [-0.25, -0.2) is 14.6 Å². The number of hydrogen-bond acceptors (Lipinski definition) is 5. The van der Waals surface area contributed by atoms with Crippen LogP contribution in [0.4, 0.5) is 5.82 Å². The molecule has 0 aliphatic carbocycles. The predicted molar refractivity (Wildman–Crippen MR) is 64.8 cm³/mol. The quantitative estimate of drug-likeness (QED) is 0.739. The molecule has 0 unspecified atom stereocenters. The van der Waals surface area contributed by atoms with E-state index in [-0.39, 0.29) is 0 Å². The van der Waals surface area contributed by atoms with Crippen molar-refractivity contribution in [1.82, 2.24) is 19.7 Å². The molecule has 2 aromatic rings. The summed E-state index contributed by atoms with van der Waals surface area (Å²) in [6, 6.07) is 5.77. The van der Waals surface area contributed by atoms with E-state index in [0.717, 1.165) is 30.4 Å². The van der Waals surface area contributed by atoms with Crippen LogP contribution in [0.15, 0.2) is 18.5 Å². The number of aryl methyl sites for hydroxylation is 1. The fraction of sp³-hybridized carbons (Fsp3) is 0.333. The van der Waals surface area contributed by atoms with Crippen molar-refractivity contribution < 1.29 is 0 Å². The number of hydrogen-bond donors (Lipinski definition) is 0. The lowest BCUT2D eigenvalue weighted by Crippen LogP contribution is -2.34. The number of nitriles is 1. The minimum atomic E-state index is 0.643. The molecule has 0 bridgehead atoms. The lowest BCUT2D eigenvalue weighted by molar-refractivity contribution is 0.510. The van der Waals surface area contributed by atoms with Crippen molar-refractivity contribution in [2.75, 3.05) is 11.4 Å². The zero-order valence-corrected chi connectivity index (χ0v) is 10.0. The van der Waals surface area contributed by atoms with E-state index in [1.165, 1.54) is 0 Å². The summed E-state index contributed by atoms with van der Waals surface area (Å²) in [5, 5.41) is 13.1. The summed E-state index contributed by atoms with van der Waals surface area (Å²) < 4.78 is 1.90. The van der Waals surface area contributed by atoms with E-state index in [0.29, 0.717) is 12.1 Å². The first-order valence-corrected chi connectivity index (χ1v) is 5.76. The van der Waals surface area contributed by atoms with Gasteiger partial charge in [0.25, 0.3) is 0 Å². The third-order valence-electron chi connectivity index (χ3n) is 3.00. The van der Waals surface area contributed by atoms with Crippen LogP contribution in [0.25, 0.3) is 0 Å². The van der Waals surface area contributed by atoms with Gasteiger partial charge in [0.2, 0.25) is 0 Å². The minimum Gasteiger partial charge on any atom is -0.347 e. The van der Waals surface area contributed by atoms with Crippen LogP contribution in [0.3, 0.4) is 0 Å². The molecule has 3 heterocycles. The van der Waals surface area contributed by atoms with Gasteiger partial charge in [0, 0.05) is 12.2 Å². The molecular formula is C12H12N6. The average Bonchev–Trinajstić information content (AvgIpc) is 2.85. The van der Waals surface area contributed by atoms with Crippen LogP contribution < -0.4 is 4.90 Å². The van der Waals surface area contributed by atoms with Crippen molar-refractivity contribution in [2.45, 2.75) is 20.0 Å². The summed E-state index contributed by atoms with van der Waals surface area (Å²) in [5.41, 5.74) is 1.50. The van der Waals surface area contributed by atoms with Gasteiger partial charge in [-0.1, -0.05) is 0 Å². The molecule has 1 aliphatic rings. The van der Waals surface area contributed by atoms with Crippen molar-refractivity contribution in [3.8, 4) is 6.07 Å². The Bertz CT molecular complexity index is 624. The normalized spacial score (nSPS) is 14.1. The highest BCUT2D eigenvalue weighted by atomic mass is 15.4. The number of anilines is 1. The van der Waals surface area contributed by atoms with Gasteiger partial charge >= 0.3 is 0 Å². The van der Waals surface area contributed by atoms with Crippen LogP contribution in [0.5, 0.6) is 0 Å². The second-order valence-corrected chi connectivity index (χ2v) is 4.29. The molecule has 1 aliphatic heterocycles. The fourth-order valence-electron chi connectivity index (χ4n) is 2.14. The summed E-state index contributed by atoms with van der Waals surface area (Å²) in [5.74, 6) is 1.77. The van der Waals surface area contributed by atoms with Crippen molar-refractivity contribution in [2.24, 2.45) is 0 Å². The molecule has 0 spiro atoms. The maximum absolute atomic E-state index is 8.99. The van der Waals surface area contributed by atoms with E-state index in [2.05, 4.69) is 26.0 Å². The van der Waals surface area contributed by atoms with E-state index >= 15 is 0 Å². The molecule has 0 saturated heterocycles. The lowest BCUT2D eigenvalue weighted by atomic mass is 10.2. The summed E-state index contributed by atoms with van der Waals surface area (Å²) in [6.07, 6.45) is 1.57. The third-order valence-corrected chi connectivity index (χ3v) is 3.00.